The van der Waals surface area contributed by atoms with E-state index in [1.807, 2.05) is 24.3 Å². The van der Waals surface area contributed by atoms with Crippen molar-refractivity contribution in [2.45, 2.75) is 19.5 Å². The minimum atomic E-state index is -1.05. The number of benzene rings is 1. The lowest BCUT2D eigenvalue weighted by molar-refractivity contribution is -0.140. The molecule has 8 heteroatoms. The van der Waals surface area contributed by atoms with Gasteiger partial charge in [-0.2, -0.15) is 5.10 Å². The summed E-state index contributed by atoms with van der Waals surface area (Å²) in [6, 6.07) is 8.23. The van der Waals surface area contributed by atoms with Crippen LogP contribution in [0.1, 0.15) is 29.0 Å². The van der Waals surface area contributed by atoms with Crippen LogP contribution in [-0.4, -0.2) is 58.0 Å². The van der Waals surface area contributed by atoms with Gasteiger partial charge >= 0.3 is 5.97 Å². The monoisotopic (exact) mass is 358 g/mol. The first-order valence-electron chi connectivity index (χ1n) is 8.51. The third-order valence-electron chi connectivity index (χ3n) is 4.32. The molecule has 2 aromatic rings. The maximum absolute atomic E-state index is 12.5. The van der Waals surface area contributed by atoms with Crippen LogP contribution < -0.4 is 5.32 Å². The first-order chi connectivity index (χ1) is 12.5. The van der Waals surface area contributed by atoms with E-state index in [4.69, 9.17) is 9.84 Å². The summed E-state index contributed by atoms with van der Waals surface area (Å²) in [6.07, 6.45) is 1.42. The van der Waals surface area contributed by atoms with Gasteiger partial charge in [0, 0.05) is 31.5 Å². The van der Waals surface area contributed by atoms with Gasteiger partial charge in [0.15, 0.2) is 0 Å². The van der Waals surface area contributed by atoms with E-state index in [0.29, 0.717) is 5.69 Å². The van der Waals surface area contributed by atoms with Crippen molar-refractivity contribution < 1.29 is 19.4 Å². The number of nitrogens with one attached hydrogen (secondary N) is 1. The molecule has 8 nitrogen and oxygen atoms in total. The number of ether oxygens (including phenoxy) is 1. The van der Waals surface area contributed by atoms with E-state index in [0.717, 1.165) is 38.4 Å². The molecular weight excluding hydrogens is 336 g/mol. The number of hydrogen-bond donors (Lipinski definition) is 2. The zero-order chi connectivity index (χ0) is 18.5. The first kappa shape index (κ1) is 18.1. The average molecular weight is 358 g/mol. The van der Waals surface area contributed by atoms with Gasteiger partial charge in [-0.3, -0.25) is 9.69 Å². The number of hydrogen-bond acceptors (Lipinski definition) is 5. The summed E-state index contributed by atoms with van der Waals surface area (Å²) in [5, 5.41) is 15.9. The third kappa shape index (κ3) is 4.27. The van der Waals surface area contributed by atoms with Crippen LogP contribution >= 0.6 is 0 Å². The Labute approximate surface area is 151 Å². The van der Waals surface area contributed by atoms with Crippen LogP contribution in [0.4, 0.5) is 5.69 Å². The Morgan fingerprint density at radius 3 is 2.81 bits per heavy atom. The minimum Gasteiger partial charge on any atom is -0.480 e. The summed E-state index contributed by atoms with van der Waals surface area (Å²) in [5.41, 5.74) is 1.96. The predicted octanol–water partition coefficient (Wildman–Crippen LogP) is 1.61. The van der Waals surface area contributed by atoms with Crippen LogP contribution in [0.15, 0.2) is 36.5 Å². The zero-order valence-electron chi connectivity index (χ0n) is 14.6. The Morgan fingerprint density at radius 2 is 2.08 bits per heavy atom. The molecule has 0 radical (unpaired) electrons. The van der Waals surface area contributed by atoms with Crippen molar-refractivity contribution in [1.29, 1.82) is 0 Å². The van der Waals surface area contributed by atoms with Crippen molar-refractivity contribution in [3.05, 3.63) is 47.8 Å². The number of aromatic nitrogens is 2. The highest BCUT2D eigenvalue weighted by molar-refractivity contribution is 6.03. The summed E-state index contributed by atoms with van der Waals surface area (Å²) in [4.78, 5) is 26.0. The number of morpholine rings is 1. The summed E-state index contributed by atoms with van der Waals surface area (Å²) < 4.78 is 6.56. The molecular formula is C18H22N4O4. The molecule has 0 saturated carbocycles. The molecule has 2 heterocycles. The second-order valence-electron chi connectivity index (χ2n) is 6.22. The van der Waals surface area contributed by atoms with Crippen molar-refractivity contribution in [3.8, 4) is 0 Å². The number of rotatable bonds is 6. The third-order valence-corrected chi connectivity index (χ3v) is 4.32. The van der Waals surface area contributed by atoms with E-state index in [-0.39, 0.29) is 11.6 Å². The predicted molar refractivity (Wildman–Crippen MR) is 95.1 cm³/mol. The van der Waals surface area contributed by atoms with Gasteiger partial charge in [-0.05, 0) is 30.7 Å². The van der Waals surface area contributed by atoms with Crippen LogP contribution in [-0.2, 0) is 16.1 Å². The fourth-order valence-corrected chi connectivity index (χ4v) is 2.87. The average Bonchev–Trinajstić information content (AvgIpc) is 3.12. The second kappa shape index (κ2) is 8.11. The lowest BCUT2D eigenvalue weighted by Crippen LogP contribution is -2.35. The molecule has 3 rings (SSSR count). The topological polar surface area (TPSA) is 96.7 Å². The minimum absolute atomic E-state index is 0.207. The van der Waals surface area contributed by atoms with Gasteiger partial charge in [0.2, 0.25) is 0 Å². The molecule has 1 aromatic carbocycles. The Morgan fingerprint density at radius 1 is 1.31 bits per heavy atom. The molecule has 1 aromatic heterocycles. The standard InChI is InChI=1S/C18H22N4O4/c1-13(18(24)25)22-16(5-6-19-22)17(23)20-15-4-2-3-14(11-15)12-21-7-9-26-10-8-21/h2-6,11,13H,7-10,12H2,1H3,(H,20,23)(H,24,25). The van der Waals surface area contributed by atoms with Crippen molar-refractivity contribution in [2.24, 2.45) is 0 Å². The highest BCUT2D eigenvalue weighted by atomic mass is 16.5. The largest absolute Gasteiger partial charge is 0.480 e. The summed E-state index contributed by atoms with van der Waals surface area (Å²) in [5.74, 6) is -1.44. The van der Waals surface area contributed by atoms with Gasteiger partial charge in [-0.1, -0.05) is 12.1 Å². The number of anilines is 1. The fraction of sp³-hybridized carbons (Fsp3) is 0.389. The molecule has 1 saturated heterocycles. The Balaban J connectivity index is 1.69. The van der Waals surface area contributed by atoms with Gasteiger partial charge in [0.1, 0.15) is 11.7 Å². The molecule has 1 atom stereocenters. The second-order valence-corrected chi connectivity index (χ2v) is 6.22. The molecule has 138 valence electrons. The summed E-state index contributed by atoms with van der Waals surface area (Å²) >= 11 is 0. The van der Waals surface area contributed by atoms with Crippen molar-refractivity contribution in [1.82, 2.24) is 14.7 Å². The number of carboxylic acid groups (broad SMARTS) is 1. The van der Waals surface area contributed by atoms with Crippen LogP contribution in [0.2, 0.25) is 0 Å². The Bertz CT molecular complexity index is 783. The Hall–Kier alpha value is -2.71. The normalized spacial score (nSPS) is 16.2. The van der Waals surface area contributed by atoms with E-state index < -0.39 is 12.0 Å². The van der Waals surface area contributed by atoms with Crippen molar-refractivity contribution in [3.63, 3.8) is 0 Å². The lowest BCUT2D eigenvalue weighted by Gasteiger charge is -2.26. The van der Waals surface area contributed by atoms with Crippen molar-refractivity contribution >= 4 is 17.6 Å². The van der Waals surface area contributed by atoms with Gasteiger partial charge in [-0.15, -0.1) is 0 Å². The number of carboxylic acids is 1. The quantitative estimate of drug-likeness (QED) is 0.814. The Kier molecular flexibility index (Phi) is 5.65. The summed E-state index contributed by atoms with van der Waals surface area (Å²) in [7, 11) is 0. The van der Waals surface area contributed by atoms with Crippen LogP contribution in [0.25, 0.3) is 0 Å². The maximum atomic E-state index is 12.5. The molecule has 1 aliphatic rings. The maximum Gasteiger partial charge on any atom is 0.328 e. The summed E-state index contributed by atoms with van der Waals surface area (Å²) in [6.45, 7) is 5.53. The molecule has 0 spiro atoms. The zero-order valence-corrected chi connectivity index (χ0v) is 14.6. The number of amides is 1. The number of carbonyl (C=O) groups excluding carboxylic acids is 1. The molecule has 1 amide bonds. The van der Waals surface area contributed by atoms with Crippen molar-refractivity contribution in [2.75, 3.05) is 31.6 Å². The van der Waals surface area contributed by atoms with E-state index in [1.165, 1.54) is 23.9 Å². The van der Waals surface area contributed by atoms with Crippen LogP contribution in [0.5, 0.6) is 0 Å². The fourth-order valence-electron chi connectivity index (χ4n) is 2.87. The van der Waals surface area contributed by atoms with Crippen LogP contribution in [0, 0.1) is 0 Å². The SMILES string of the molecule is CC(C(=O)O)n1nccc1C(=O)Nc1cccc(CN2CCOCC2)c1. The first-order valence-corrected chi connectivity index (χ1v) is 8.51. The van der Waals surface area contributed by atoms with Gasteiger partial charge in [-0.25, -0.2) is 9.48 Å². The van der Waals surface area contributed by atoms with Crippen LogP contribution in [0.3, 0.4) is 0 Å². The lowest BCUT2D eigenvalue weighted by atomic mass is 10.1. The molecule has 1 fully saturated rings. The van der Waals surface area contributed by atoms with E-state index in [1.54, 1.807) is 0 Å². The highest BCUT2D eigenvalue weighted by Gasteiger charge is 2.21. The van der Waals surface area contributed by atoms with E-state index in [2.05, 4.69) is 15.3 Å². The highest BCUT2D eigenvalue weighted by Crippen LogP contribution is 2.16. The van der Waals surface area contributed by atoms with Gasteiger partial charge in [0.25, 0.3) is 5.91 Å². The molecule has 2 N–H and O–H groups in total. The number of carbonyl (C=O) groups is 2. The van der Waals surface area contributed by atoms with Gasteiger partial charge < -0.3 is 15.2 Å². The molecule has 26 heavy (non-hydrogen) atoms. The smallest absolute Gasteiger partial charge is 0.328 e. The van der Waals surface area contributed by atoms with E-state index >= 15 is 0 Å². The number of nitrogens with zero attached hydrogens (tertiary/aromatic N) is 3. The molecule has 0 bridgehead atoms. The molecule has 1 aliphatic heterocycles. The van der Waals surface area contributed by atoms with E-state index in [9.17, 15) is 9.59 Å². The molecule has 0 aliphatic carbocycles. The number of aliphatic carboxylic acids is 1. The van der Waals surface area contributed by atoms with Gasteiger partial charge in [0.05, 0.1) is 13.2 Å². The molecule has 1 unspecified atom stereocenters.